The molecule has 2 aromatic rings. The summed E-state index contributed by atoms with van der Waals surface area (Å²) in [6.45, 7) is 1.25. The maximum Gasteiger partial charge on any atom is 0.261 e. The van der Waals surface area contributed by atoms with E-state index in [-0.39, 0.29) is 31.6 Å². The van der Waals surface area contributed by atoms with Crippen molar-refractivity contribution in [2.75, 3.05) is 39.4 Å². The van der Waals surface area contributed by atoms with E-state index in [0.717, 1.165) is 14.3 Å². The van der Waals surface area contributed by atoms with Crippen LogP contribution in [0.3, 0.4) is 0 Å². The summed E-state index contributed by atoms with van der Waals surface area (Å²) in [5.41, 5.74) is 0.991. The number of rotatable bonds is 7. The predicted octanol–water partition coefficient (Wildman–Crippen LogP) is 2.25. The quantitative estimate of drug-likeness (QED) is 0.588. The highest BCUT2D eigenvalue weighted by Crippen LogP contribution is 2.38. The lowest BCUT2D eigenvalue weighted by Crippen LogP contribution is -2.45. The zero-order valence-electron chi connectivity index (χ0n) is 13.9. The van der Waals surface area contributed by atoms with Gasteiger partial charge in [-0.1, -0.05) is 31.9 Å². The number of hydrogen-bond acceptors (Lipinski definition) is 5. The summed E-state index contributed by atoms with van der Waals surface area (Å²) in [5.74, 6) is -0.655. The smallest absolute Gasteiger partial charge is 0.261 e. The molecule has 1 heterocycles. The van der Waals surface area contributed by atoms with E-state index < -0.39 is 0 Å². The van der Waals surface area contributed by atoms with Gasteiger partial charge in [0, 0.05) is 57.0 Å². The van der Waals surface area contributed by atoms with E-state index in [2.05, 4.69) is 31.9 Å². The average Bonchev–Trinajstić information content (AvgIpc) is 2.61. The van der Waals surface area contributed by atoms with Crippen molar-refractivity contribution in [2.45, 2.75) is 0 Å². The van der Waals surface area contributed by atoms with Crippen LogP contribution in [0, 0.1) is 0 Å². The molecule has 1 aliphatic heterocycles. The molecule has 0 atom stereocenters. The van der Waals surface area contributed by atoms with Crippen LogP contribution in [0.15, 0.2) is 33.2 Å². The number of aliphatic hydroxyl groups excluding tert-OH is 2. The minimum atomic E-state index is -0.328. The highest BCUT2D eigenvalue weighted by Gasteiger charge is 2.33. The molecule has 2 amide bonds. The molecule has 0 spiro atoms. The zero-order chi connectivity index (χ0) is 18.8. The van der Waals surface area contributed by atoms with Crippen LogP contribution >= 0.6 is 31.9 Å². The van der Waals surface area contributed by atoms with Crippen molar-refractivity contribution in [2.24, 2.45) is 0 Å². The summed E-state index contributed by atoms with van der Waals surface area (Å²) >= 11 is 6.98. The topological polar surface area (TPSA) is 81.1 Å². The molecule has 0 bridgehead atoms. The molecular formula is C18H18Br2N2O4. The highest BCUT2D eigenvalue weighted by atomic mass is 79.9. The lowest BCUT2D eigenvalue weighted by molar-refractivity contribution is 0.0584. The summed E-state index contributed by atoms with van der Waals surface area (Å²) in [6.07, 6.45) is 0. The number of halogens is 2. The lowest BCUT2D eigenvalue weighted by atomic mass is 9.94. The lowest BCUT2D eigenvalue weighted by Gasteiger charge is -2.30. The van der Waals surface area contributed by atoms with Crippen LogP contribution in [0.5, 0.6) is 0 Å². The van der Waals surface area contributed by atoms with Gasteiger partial charge in [-0.2, -0.15) is 0 Å². The van der Waals surface area contributed by atoms with E-state index in [1.54, 1.807) is 12.1 Å². The summed E-state index contributed by atoms with van der Waals surface area (Å²) in [6, 6.07) is 7.07. The third-order valence-corrected chi connectivity index (χ3v) is 5.80. The Morgan fingerprint density at radius 2 is 1.31 bits per heavy atom. The molecule has 8 heteroatoms. The van der Waals surface area contributed by atoms with Crippen LogP contribution in [0.25, 0.3) is 10.8 Å². The molecule has 138 valence electrons. The number of amides is 2. The first-order chi connectivity index (χ1) is 12.5. The third-order valence-electron chi connectivity index (χ3n) is 4.48. The van der Waals surface area contributed by atoms with Gasteiger partial charge >= 0.3 is 0 Å². The number of imide groups is 1. The summed E-state index contributed by atoms with van der Waals surface area (Å²) in [4.78, 5) is 28.9. The molecule has 1 aliphatic rings. The normalized spacial score (nSPS) is 14.0. The van der Waals surface area contributed by atoms with Crippen LogP contribution in [0.2, 0.25) is 0 Å². The Kier molecular flexibility index (Phi) is 6.09. The van der Waals surface area contributed by atoms with E-state index in [1.807, 2.05) is 17.0 Å². The van der Waals surface area contributed by atoms with Gasteiger partial charge in [0.1, 0.15) is 0 Å². The van der Waals surface area contributed by atoms with Crippen molar-refractivity contribution >= 4 is 54.4 Å². The average molecular weight is 486 g/mol. The van der Waals surface area contributed by atoms with Gasteiger partial charge in [-0.3, -0.25) is 19.4 Å². The number of nitrogens with zero attached hydrogens (tertiary/aromatic N) is 2. The van der Waals surface area contributed by atoms with E-state index in [9.17, 15) is 9.59 Å². The van der Waals surface area contributed by atoms with Gasteiger partial charge in [0.15, 0.2) is 0 Å². The fraction of sp³-hybridized carbons (Fsp3) is 0.333. The van der Waals surface area contributed by atoms with Gasteiger partial charge in [-0.15, -0.1) is 0 Å². The Hall–Kier alpha value is -1.32. The molecular weight excluding hydrogens is 468 g/mol. The van der Waals surface area contributed by atoms with Crippen LogP contribution in [-0.4, -0.2) is 71.2 Å². The van der Waals surface area contributed by atoms with Gasteiger partial charge in [-0.25, -0.2) is 0 Å². The van der Waals surface area contributed by atoms with Crippen molar-refractivity contribution in [3.63, 3.8) is 0 Å². The Labute approximate surface area is 167 Å². The summed E-state index contributed by atoms with van der Waals surface area (Å²) in [5, 5.41) is 19.7. The molecule has 0 aliphatic carbocycles. The van der Waals surface area contributed by atoms with Crippen molar-refractivity contribution in [1.29, 1.82) is 0 Å². The maximum absolute atomic E-state index is 12.9. The Morgan fingerprint density at radius 1 is 0.808 bits per heavy atom. The standard InChI is InChI=1S/C18H18Br2N2O4/c19-13-3-1-11-15-12(2-4-14(20)16(13)15)18(26)22(17(11)25)6-5-21(7-9-23)8-10-24/h1-4,23-24H,5-10H2. The molecule has 3 rings (SSSR count). The fourth-order valence-electron chi connectivity index (χ4n) is 3.22. The van der Waals surface area contributed by atoms with Crippen molar-refractivity contribution in [3.8, 4) is 0 Å². The van der Waals surface area contributed by atoms with Gasteiger partial charge < -0.3 is 10.2 Å². The molecule has 0 saturated carbocycles. The second-order valence-electron chi connectivity index (χ2n) is 5.99. The molecule has 2 aromatic carbocycles. The van der Waals surface area contributed by atoms with Crippen LogP contribution in [0.4, 0.5) is 0 Å². The fourth-order valence-corrected chi connectivity index (χ4v) is 4.57. The van der Waals surface area contributed by atoms with E-state index in [4.69, 9.17) is 10.2 Å². The number of benzene rings is 2. The van der Waals surface area contributed by atoms with Crippen LogP contribution in [-0.2, 0) is 0 Å². The Balaban J connectivity index is 1.95. The van der Waals surface area contributed by atoms with E-state index in [0.29, 0.717) is 36.1 Å². The number of carbonyl (C=O) groups is 2. The van der Waals surface area contributed by atoms with E-state index in [1.165, 1.54) is 4.90 Å². The number of aliphatic hydroxyl groups is 2. The molecule has 2 N–H and O–H groups in total. The monoisotopic (exact) mass is 484 g/mol. The van der Waals surface area contributed by atoms with Crippen LogP contribution in [0.1, 0.15) is 20.7 Å². The maximum atomic E-state index is 12.9. The highest BCUT2D eigenvalue weighted by molar-refractivity contribution is 9.11. The summed E-state index contributed by atoms with van der Waals surface area (Å²) in [7, 11) is 0. The van der Waals surface area contributed by atoms with Gasteiger partial charge in [0.25, 0.3) is 11.8 Å². The van der Waals surface area contributed by atoms with Crippen molar-refractivity contribution in [3.05, 3.63) is 44.3 Å². The first-order valence-corrected chi connectivity index (χ1v) is 9.79. The van der Waals surface area contributed by atoms with Crippen molar-refractivity contribution < 1.29 is 19.8 Å². The Morgan fingerprint density at radius 3 is 1.77 bits per heavy atom. The third kappa shape index (κ3) is 3.44. The molecule has 6 nitrogen and oxygen atoms in total. The van der Waals surface area contributed by atoms with Gasteiger partial charge in [0.2, 0.25) is 0 Å². The molecule has 0 saturated heterocycles. The predicted molar refractivity (Wildman–Crippen MR) is 105 cm³/mol. The van der Waals surface area contributed by atoms with Crippen molar-refractivity contribution in [1.82, 2.24) is 9.80 Å². The first kappa shape index (κ1) is 19.4. The summed E-state index contributed by atoms with van der Waals surface area (Å²) < 4.78 is 1.63. The second-order valence-corrected chi connectivity index (χ2v) is 7.70. The largest absolute Gasteiger partial charge is 0.395 e. The van der Waals surface area contributed by atoms with Gasteiger partial charge in [0.05, 0.1) is 13.2 Å². The second kappa shape index (κ2) is 8.14. The molecule has 0 fully saturated rings. The minimum absolute atomic E-state index is 0.0495. The Bertz CT molecular complexity index is 809. The molecule has 0 aromatic heterocycles. The molecule has 26 heavy (non-hydrogen) atoms. The van der Waals surface area contributed by atoms with E-state index >= 15 is 0 Å². The van der Waals surface area contributed by atoms with Gasteiger partial charge in [-0.05, 0) is 24.3 Å². The molecule has 0 radical (unpaired) electrons. The zero-order valence-corrected chi connectivity index (χ0v) is 17.1. The number of hydrogen-bond donors (Lipinski definition) is 2. The SMILES string of the molecule is O=C1c2ccc(Br)c3c(Br)ccc(c23)C(=O)N1CCN(CCO)CCO. The molecule has 0 unspecified atom stereocenters. The minimum Gasteiger partial charge on any atom is -0.395 e. The number of carbonyl (C=O) groups excluding carboxylic acids is 2. The van der Waals surface area contributed by atoms with Crippen LogP contribution < -0.4 is 0 Å². The first-order valence-electron chi connectivity index (χ1n) is 8.20.